The lowest BCUT2D eigenvalue weighted by molar-refractivity contribution is 0.143. The van der Waals surface area contributed by atoms with E-state index in [0.717, 1.165) is 22.9 Å². The maximum atomic E-state index is 5.57. The number of rotatable bonds is 5. The minimum absolute atomic E-state index is 0.456. The van der Waals surface area contributed by atoms with E-state index >= 15 is 0 Å². The van der Waals surface area contributed by atoms with Crippen LogP contribution in [0.1, 0.15) is 22.8 Å². The third kappa shape index (κ3) is 4.47. The van der Waals surface area contributed by atoms with Crippen molar-refractivity contribution in [2.75, 3.05) is 20.3 Å². The van der Waals surface area contributed by atoms with Crippen LogP contribution in [0.4, 0.5) is 0 Å². The van der Waals surface area contributed by atoms with Crippen molar-refractivity contribution < 1.29 is 9.47 Å². The maximum Gasteiger partial charge on any atom is 0.215 e. The van der Waals surface area contributed by atoms with Crippen molar-refractivity contribution in [3.8, 4) is 23.5 Å². The molecular formula is C20H20N4O2. The van der Waals surface area contributed by atoms with E-state index in [2.05, 4.69) is 26.8 Å². The molecule has 26 heavy (non-hydrogen) atoms. The van der Waals surface area contributed by atoms with E-state index in [1.165, 1.54) is 0 Å². The average molecular weight is 348 g/mol. The van der Waals surface area contributed by atoms with Crippen molar-refractivity contribution in [3.63, 3.8) is 0 Å². The number of hydrogen-bond donors (Lipinski definition) is 0. The van der Waals surface area contributed by atoms with E-state index in [9.17, 15) is 0 Å². The Morgan fingerprint density at radius 2 is 1.96 bits per heavy atom. The Hall–Kier alpha value is -3.17. The van der Waals surface area contributed by atoms with Gasteiger partial charge in [0.1, 0.15) is 23.9 Å². The molecule has 3 heterocycles. The van der Waals surface area contributed by atoms with Crippen molar-refractivity contribution in [2.45, 2.75) is 13.8 Å². The van der Waals surface area contributed by atoms with E-state index in [4.69, 9.17) is 9.47 Å². The smallest absolute Gasteiger partial charge is 0.215 e. The zero-order valence-corrected chi connectivity index (χ0v) is 15.1. The van der Waals surface area contributed by atoms with E-state index in [1.807, 2.05) is 54.9 Å². The average Bonchev–Trinajstić information content (AvgIpc) is 3.01. The van der Waals surface area contributed by atoms with Crippen LogP contribution in [0.15, 0.2) is 42.7 Å². The fourth-order valence-corrected chi connectivity index (χ4v) is 2.37. The summed E-state index contributed by atoms with van der Waals surface area (Å²) in [5.41, 5.74) is 2.54. The van der Waals surface area contributed by atoms with Gasteiger partial charge in [0.2, 0.25) is 5.88 Å². The quantitative estimate of drug-likeness (QED) is 0.524. The molecule has 0 aliphatic rings. The third-order valence-electron chi connectivity index (χ3n) is 3.61. The predicted molar refractivity (Wildman–Crippen MR) is 98.4 cm³/mol. The molecule has 132 valence electrons. The van der Waals surface area contributed by atoms with Gasteiger partial charge in [-0.1, -0.05) is 12.0 Å². The van der Waals surface area contributed by atoms with Crippen LogP contribution in [0.5, 0.6) is 5.88 Å². The van der Waals surface area contributed by atoms with Gasteiger partial charge in [0, 0.05) is 36.8 Å². The summed E-state index contributed by atoms with van der Waals surface area (Å²) in [6, 6.07) is 9.44. The minimum atomic E-state index is 0.456. The fraction of sp³-hybridized carbons (Fsp3) is 0.250. The summed E-state index contributed by atoms with van der Waals surface area (Å²) < 4.78 is 12.4. The highest BCUT2D eigenvalue weighted by Crippen LogP contribution is 2.14. The van der Waals surface area contributed by atoms with Gasteiger partial charge < -0.3 is 9.47 Å². The molecule has 0 atom stereocenters. The predicted octanol–water partition coefficient (Wildman–Crippen LogP) is 2.70. The van der Waals surface area contributed by atoms with Gasteiger partial charge in [-0.25, -0.2) is 4.98 Å². The summed E-state index contributed by atoms with van der Waals surface area (Å²) in [4.78, 5) is 13.2. The number of methoxy groups -OCH3 is 1. The van der Waals surface area contributed by atoms with Crippen LogP contribution in [0.25, 0.3) is 5.82 Å². The molecule has 0 amide bonds. The Bertz CT molecular complexity index is 954. The first kappa shape index (κ1) is 17.6. The molecule has 0 radical (unpaired) electrons. The first-order valence-electron chi connectivity index (χ1n) is 8.25. The first-order chi connectivity index (χ1) is 12.7. The Morgan fingerprint density at radius 3 is 2.77 bits per heavy atom. The summed E-state index contributed by atoms with van der Waals surface area (Å²) in [7, 11) is 1.64. The zero-order valence-electron chi connectivity index (χ0n) is 15.1. The highest BCUT2D eigenvalue weighted by molar-refractivity contribution is 5.41. The number of imidazole rings is 1. The van der Waals surface area contributed by atoms with E-state index in [0.29, 0.717) is 24.8 Å². The van der Waals surface area contributed by atoms with Crippen molar-refractivity contribution in [1.82, 2.24) is 19.5 Å². The van der Waals surface area contributed by atoms with Crippen molar-refractivity contribution >= 4 is 0 Å². The molecule has 3 rings (SSSR count). The number of hydrogen-bond acceptors (Lipinski definition) is 5. The molecule has 6 heteroatoms. The molecule has 0 unspecified atom stereocenters. The van der Waals surface area contributed by atoms with Crippen LogP contribution in [0.2, 0.25) is 0 Å². The largest absolute Gasteiger partial charge is 0.475 e. The van der Waals surface area contributed by atoms with E-state index in [1.54, 1.807) is 13.3 Å². The molecule has 0 aliphatic carbocycles. The second-order valence-corrected chi connectivity index (χ2v) is 5.65. The molecule has 0 N–H and O–H groups in total. The van der Waals surface area contributed by atoms with Gasteiger partial charge in [-0.2, -0.15) is 4.98 Å². The lowest BCUT2D eigenvalue weighted by Gasteiger charge is -2.07. The van der Waals surface area contributed by atoms with E-state index < -0.39 is 0 Å². The van der Waals surface area contributed by atoms with Crippen LogP contribution in [-0.2, 0) is 4.74 Å². The molecule has 0 aliphatic heterocycles. The lowest BCUT2D eigenvalue weighted by Crippen LogP contribution is -2.06. The zero-order chi connectivity index (χ0) is 18.4. The van der Waals surface area contributed by atoms with Crippen LogP contribution in [-0.4, -0.2) is 39.8 Å². The van der Waals surface area contributed by atoms with Crippen molar-refractivity contribution in [1.29, 1.82) is 0 Å². The van der Waals surface area contributed by atoms with Crippen LogP contribution in [0, 0.1) is 25.7 Å². The monoisotopic (exact) mass is 348 g/mol. The standard InChI is InChI=1S/C20H20N4O2/c1-15-13-17(9-10-21-15)7-8-18-14-24(16(2)22-18)19-5-4-6-20(23-19)26-12-11-25-3/h4-6,9-10,13-14H,11-12H2,1-3H3. The Morgan fingerprint density at radius 1 is 1.08 bits per heavy atom. The molecule has 0 aromatic carbocycles. The number of ether oxygens (including phenoxy) is 2. The van der Waals surface area contributed by atoms with E-state index in [-0.39, 0.29) is 0 Å². The van der Waals surface area contributed by atoms with Gasteiger partial charge in [-0.3, -0.25) is 9.55 Å². The van der Waals surface area contributed by atoms with Gasteiger partial charge in [0.05, 0.1) is 6.61 Å². The Labute approximate surface area is 152 Å². The number of aromatic nitrogens is 4. The Kier molecular flexibility index (Phi) is 5.62. The van der Waals surface area contributed by atoms with Gasteiger partial charge in [0.15, 0.2) is 0 Å². The number of nitrogens with zero attached hydrogens (tertiary/aromatic N) is 4. The normalized spacial score (nSPS) is 10.3. The summed E-state index contributed by atoms with van der Waals surface area (Å²) in [5, 5.41) is 0. The third-order valence-corrected chi connectivity index (χ3v) is 3.61. The van der Waals surface area contributed by atoms with Crippen molar-refractivity contribution in [2.24, 2.45) is 0 Å². The SMILES string of the molecule is COCCOc1cccc(-n2cc(C#Cc3ccnc(C)c3)nc2C)n1. The first-order valence-corrected chi connectivity index (χ1v) is 8.25. The molecule has 3 aromatic rings. The molecule has 0 saturated heterocycles. The minimum Gasteiger partial charge on any atom is -0.475 e. The summed E-state index contributed by atoms with van der Waals surface area (Å²) in [6.45, 7) is 4.83. The molecule has 6 nitrogen and oxygen atoms in total. The second-order valence-electron chi connectivity index (χ2n) is 5.65. The van der Waals surface area contributed by atoms with Gasteiger partial charge in [-0.05, 0) is 38.0 Å². The maximum absolute atomic E-state index is 5.57. The summed E-state index contributed by atoms with van der Waals surface area (Å²) in [5.74, 6) is 8.29. The number of aryl methyl sites for hydroxylation is 2. The van der Waals surface area contributed by atoms with Gasteiger partial charge >= 0.3 is 0 Å². The van der Waals surface area contributed by atoms with Crippen LogP contribution in [0.3, 0.4) is 0 Å². The summed E-state index contributed by atoms with van der Waals surface area (Å²) in [6.07, 6.45) is 3.62. The van der Waals surface area contributed by atoms with Gasteiger partial charge in [-0.15, -0.1) is 0 Å². The molecular weight excluding hydrogens is 328 g/mol. The second kappa shape index (κ2) is 8.28. The molecule has 0 saturated carbocycles. The summed E-state index contributed by atoms with van der Waals surface area (Å²) >= 11 is 0. The molecule has 0 bridgehead atoms. The highest BCUT2D eigenvalue weighted by atomic mass is 16.5. The number of pyridine rings is 2. The lowest BCUT2D eigenvalue weighted by atomic mass is 10.2. The van der Waals surface area contributed by atoms with Crippen LogP contribution < -0.4 is 4.74 Å². The van der Waals surface area contributed by atoms with Gasteiger partial charge in [0.25, 0.3) is 0 Å². The topological polar surface area (TPSA) is 62.1 Å². The highest BCUT2D eigenvalue weighted by Gasteiger charge is 2.07. The molecule has 0 fully saturated rings. The van der Waals surface area contributed by atoms with Crippen molar-refractivity contribution in [3.05, 3.63) is 65.5 Å². The molecule has 3 aromatic heterocycles. The molecule has 0 spiro atoms. The Balaban J connectivity index is 1.81. The van der Waals surface area contributed by atoms with Crippen LogP contribution >= 0.6 is 0 Å². The fourth-order valence-electron chi connectivity index (χ4n) is 2.37.